The highest BCUT2D eigenvalue weighted by atomic mass is 16.4. The fourth-order valence-corrected chi connectivity index (χ4v) is 2.55. The van der Waals surface area contributed by atoms with Gasteiger partial charge in [-0.2, -0.15) is 0 Å². The number of hydrogen-bond acceptors (Lipinski definition) is 6. The van der Waals surface area contributed by atoms with Gasteiger partial charge in [0.15, 0.2) is 0 Å². The number of benzene rings is 1. The number of H-pyrrole nitrogens is 1. The zero-order valence-electron chi connectivity index (χ0n) is 14.4. The fourth-order valence-electron chi connectivity index (χ4n) is 2.55. The number of aromatic nitrogens is 1. The van der Waals surface area contributed by atoms with Crippen LogP contribution in [0.3, 0.4) is 0 Å². The van der Waals surface area contributed by atoms with Crippen molar-refractivity contribution in [3.8, 4) is 0 Å². The van der Waals surface area contributed by atoms with Gasteiger partial charge in [-0.1, -0.05) is 18.2 Å². The molecule has 10 heteroatoms. The van der Waals surface area contributed by atoms with Crippen LogP contribution in [0.4, 0.5) is 0 Å². The van der Waals surface area contributed by atoms with E-state index in [1.54, 1.807) is 6.20 Å². The summed E-state index contributed by atoms with van der Waals surface area (Å²) in [5, 5.41) is 32.9. The zero-order valence-corrected chi connectivity index (χ0v) is 14.4. The summed E-state index contributed by atoms with van der Waals surface area (Å²) in [6, 6.07) is 3.41. The van der Waals surface area contributed by atoms with Crippen LogP contribution in [0.2, 0.25) is 0 Å². The third-order valence-electron chi connectivity index (χ3n) is 4.06. The van der Waals surface area contributed by atoms with Gasteiger partial charge >= 0.3 is 5.97 Å². The minimum Gasteiger partial charge on any atom is -0.480 e. The van der Waals surface area contributed by atoms with Gasteiger partial charge in [-0.15, -0.1) is 0 Å². The lowest BCUT2D eigenvalue weighted by atomic mass is 10.0. The first-order chi connectivity index (χ1) is 12.9. The topological polar surface area (TPSA) is 178 Å². The first-order valence-electron chi connectivity index (χ1n) is 8.23. The van der Waals surface area contributed by atoms with Crippen LogP contribution in [-0.2, 0) is 20.8 Å². The Kier molecular flexibility index (Phi) is 6.88. The van der Waals surface area contributed by atoms with Crippen LogP contribution in [0.25, 0.3) is 10.9 Å². The molecular weight excluding hydrogens is 356 g/mol. The summed E-state index contributed by atoms with van der Waals surface area (Å²) in [4.78, 5) is 38.5. The average molecular weight is 378 g/mol. The number of fused-ring (bicyclic) bond motifs is 1. The van der Waals surface area contributed by atoms with E-state index in [2.05, 4.69) is 15.6 Å². The predicted octanol–water partition coefficient (Wildman–Crippen LogP) is -1.92. The molecule has 3 atom stereocenters. The van der Waals surface area contributed by atoms with Crippen LogP contribution in [0.5, 0.6) is 0 Å². The lowest BCUT2D eigenvalue weighted by Crippen LogP contribution is -2.56. The lowest BCUT2D eigenvalue weighted by molar-refractivity contribution is -0.142. The summed E-state index contributed by atoms with van der Waals surface area (Å²) >= 11 is 0. The van der Waals surface area contributed by atoms with Gasteiger partial charge in [-0.25, -0.2) is 4.79 Å². The molecule has 0 aliphatic heterocycles. The smallest absolute Gasteiger partial charge is 0.326 e. The lowest BCUT2D eigenvalue weighted by Gasteiger charge is -2.21. The molecule has 2 aromatic rings. The fraction of sp³-hybridized carbons (Fsp3) is 0.353. The number of para-hydroxylation sites is 1. The average Bonchev–Trinajstić information content (AvgIpc) is 3.07. The van der Waals surface area contributed by atoms with Gasteiger partial charge in [0.2, 0.25) is 11.8 Å². The number of aliphatic hydroxyl groups is 2. The summed E-state index contributed by atoms with van der Waals surface area (Å²) < 4.78 is 0. The Morgan fingerprint density at radius 3 is 2.33 bits per heavy atom. The van der Waals surface area contributed by atoms with E-state index in [-0.39, 0.29) is 6.42 Å². The number of carbonyl (C=O) groups excluding carboxylic acids is 2. The molecule has 0 aliphatic rings. The highest BCUT2D eigenvalue weighted by molar-refractivity contribution is 5.92. The summed E-state index contributed by atoms with van der Waals surface area (Å²) in [7, 11) is 0. The Balaban J connectivity index is 2.09. The zero-order chi connectivity index (χ0) is 20.0. The molecule has 27 heavy (non-hydrogen) atoms. The number of carboxylic acids is 1. The highest BCUT2D eigenvalue weighted by Crippen LogP contribution is 2.19. The number of carboxylic acid groups (broad SMARTS) is 1. The van der Waals surface area contributed by atoms with E-state index in [0.29, 0.717) is 5.56 Å². The van der Waals surface area contributed by atoms with Gasteiger partial charge in [-0.05, 0) is 11.6 Å². The molecule has 2 rings (SSSR count). The Bertz CT molecular complexity index is 821. The number of aliphatic carboxylic acids is 1. The molecule has 1 heterocycles. The normalized spacial score (nSPS) is 14.3. The summed E-state index contributed by atoms with van der Waals surface area (Å²) in [5.74, 6) is -2.97. The molecule has 3 unspecified atom stereocenters. The Hall–Kier alpha value is -2.95. The quantitative estimate of drug-likeness (QED) is 0.266. The standard InChI is InChI=1S/C17H22N4O6/c18-11(7-22)15(24)21-14(8-23)16(25)20-13(17(26)27)5-9-6-19-12-4-2-1-3-10(9)12/h1-4,6,11,13-14,19,22-23H,5,7-8,18H2,(H,20,25)(H,21,24)(H,26,27). The van der Waals surface area contributed by atoms with E-state index >= 15 is 0 Å². The van der Waals surface area contributed by atoms with Crippen LogP contribution in [0, 0.1) is 0 Å². The van der Waals surface area contributed by atoms with Crippen molar-refractivity contribution in [2.75, 3.05) is 13.2 Å². The van der Waals surface area contributed by atoms with Crippen molar-refractivity contribution in [3.05, 3.63) is 36.0 Å². The van der Waals surface area contributed by atoms with E-state index in [4.69, 9.17) is 10.8 Å². The molecule has 146 valence electrons. The maximum atomic E-state index is 12.3. The molecule has 0 saturated carbocycles. The number of nitrogens with one attached hydrogen (secondary N) is 3. The maximum Gasteiger partial charge on any atom is 0.326 e. The number of amides is 2. The first-order valence-corrected chi connectivity index (χ1v) is 8.23. The van der Waals surface area contributed by atoms with E-state index in [1.807, 2.05) is 24.3 Å². The SMILES string of the molecule is NC(CO)C(=O)NC(CO)C(=O)NC(Cc1c[nH]c2ccccc12)C(=O)O. The van der Waals surface area contributed by atoms with Gasteiger partial charge in [0.1, 0.15) is 18.1 Å². The number of hydrogen-bond donors (Lipinski definition) is 7. The van der Waals surface area contributed by atoms with Gasteiger partial charge in [-0.3, -0.25) is 9.59 Å². The van der Waals surface area contributed by atoms with E-state index in [1.165, 1.54) is 0 Å². The Labute approximate surface area is 154 Å². The van der Waals surface area contributed by atoms with E-state index in [0.717, 1.165) is 10.9 Å². The van der Waals surface area contributed by atoms with Gasteiger partial charge < -0.3 is 36.7 Å². The summed E-state index contributed by atoms with van der Waals surface area (Å²) in [6.45, 7) is -1.39. The molecule has 0 bridgehead atoms. The number of nitrogens with two attached hydrogens (primary N) is 1. The first kappa shape index (κ1) is 20.4. The van der Waals surface area contributed by atoms with Crippen molar-refractivity contribution in [2.24, 2.45) is 5.73 Å². The molecule has 10 nitrogen and oxygen atoms in total. The molecule has 0 spiro atoms. The minimum atomic E-state index is -1.39. The minimum absolute atomic E-state index is 0.00728. The highest BCUT2D eigenvalue weighted by Gasteiger charge is 2.28. The Morgan fingerprint density at radius 1 is 1.04 bits per heavy atom. The maximum absolute atomic E-state index is 12.3. The number of aromatic amines is 1. The van der Waals surface area contributed by atoms with Crippen LogP contribution < -0.4 is 16.4 Å². The van der Waals surface area contributed by atoms with Crippen molar-refractivity contribution in [1.82, 2.24) is 15.6 Å². The van der Waals surface area contributed by atoms with Crippen molar-refractivity contribution in [3.63, 3.8) is 0 Å². The molecule has 0 radical (unpaired) electrons. The molecule has 1 aromatic heterocycles. The van der Waals surface area contributed by atoms with Crippen LogP contribution >= 0.6 is 0 Å². The third kappa shape index (κ3) is 5.03. The monoisotopic (exact) mass is 378 g/mol. The summed E-state index contributed by atoms with van der Waals surface area (Å²) in [5.41, 5.74) is 6.87. The molecule has 2 amide bonds. The largest absolute Gasteiger partial charge is 0.480 e. The van der Waals surface area contributed by atoms with Crippen LogP contribution in [0.15, 0.2) is 30.5 Å². The molecule has 0 aliphatic carbocycles. The molecule has 1 aromatic carbocycles. The van der Waals surface area contributed by atoms with Gasteiger partial charge in [0.25, 0.3) is 0 Å². The van der Waals surface area contributed by atoms with Crippen molar-refractivity contribution in [2.45, 2.75) is 24.5 Å². The van der Waals surface area contributed by atoms with Crippen LogP contribution in [-0.4, -0.2) is 69.4 Å². The second-order valence-corrected chi connectivity index (χ2v) is 6.00. The van der Waals surface area contributed by atoms with E-state index < -0.39 is 49.1 Å². The molecule has 0 fully saturated rings. The van der Waals surface area contributed by atoms with E-state index in [9.17, 15) is 24.6 Å². The number of aliphatic hydroxyl groups excluding tert-OH is 2. The number of rotatable bonds is 9. The van der Waals surface area contributed by atoms with Crippen molar-refractivity contribution in [1.29, 1.82) is 0 Å². The van der Waals surface area contributed by atoms with Crippen LogP contribution in [0.1, 0.15) is 5.56 Å². The van der Waals surface area contributed by atoms with Crippen molar-refractivity contribution >= 4 is 28.7 Å². The molecule has 8 N–H and O–H groups in total. The number of carbonyl (C=O) groups is 3. The predicted molar refractivity (Wildman–Crippen MR) is 95.6 cm³/mol. The van der Waals surface area contributed by atoms with Gasteiger partial charge in [0, 0.05) is 23.5 Å². The van der Waals surface area contributed by atoms with Crippen molar-refractivity contribution < 1.29 is 29.7 Å². The third-order valence-corrected chi connectivity index (χ3v) is 4.06. The summed E-state index contributed by atoms with van der Waals surface area (Å²) in [6.07, 6.45) is 1.67. The Morgan fingerprint density at radius 2 is 1.70 bits per heavy atom. The van der Waals surface area contributed by atoms with Gasteiger partial charge in [0.05, 0.1) is 13.2 Å². The second kappa shape index (κ2) is 9.12. The second-order valence-electron chi connectivity index (χ2n) is 6.00. The molecular formula is C17H22N4O6. The molecule has 0 saturated heterocycles.